The first-order chi connectivity index (χ1) is 17.3. The minimum Gasteiger partial charge on any atom is -0.475 e. The van der Waals surface area contributed by atoms with Crippen LogP contribution in [-0.2, 0) is 29.9 Å². The number of aliphatic hydroxyl groups excluding tert-OH is 1. The van der Waals surface area contributed by atoms with Crippen molar-refractivity contribution in [2.45, 2.75) is 30.1 Å². The molecule has 5 N–H and O–H groups in total. The standard InChI is InChI=1S/C19H28N4O6S.C2HF3O2/c24-17-11-20-10-15(17)21-18(25)16(22-19(26)23-6-8-29-9-7-23)13-30(27,28)12-14-4-2-1-3-5-14;3-2(4,5)1(6)7/h1-5,15-17,20,24H,6-13H2,(H,21,25)(H,22,26);(H,6,7). The van der Waals surface area contributed by atoms with Crippen LogP contribution in [0.1, 0.15) is 5.56 Å². The number of urea groups is 1. The van der Waals surface area contributed by atoms with E-state index in [4.69, 9.17) is 14.6 Å². The van der Waals surface area contributed by atoms with Crippen LogP contribution in [0.3, 0.4) is 0 Å². The van der Waals surface area contributed by atoms with Gasteiger partial charge in [0.05, 0.1) is 36.9 Å². The zero-order valence-corrected chi connectivity index (χ0v) is 20.4. The van der Waals surface area contributed by atoms with Crippen LogP contribution in [0.4, 0.5) is 18.0 Å². The lowest BCUT2D eigenvalue weighted by Gasteiger charge is -2.29. The third-order valence-corrected chi connectivity index (χ3v) is 6.93. The van der Waals surface area contributed by atoms with Gasteiger partial charge in [0.25, 0.3) is 0 Å². The number of carboxylic acid groups (broad SMARTS) is 1. The zero-order valence-electron chi connectivity index (χ0n) is 19.6. The van der Waals surface area contributed by atoms with E-state index in [1.165, 1.54) is 4.90 Å². The van der Waals surface area contributed by atoms with Gasteiger partial charge >= 0.3 is 18.2 Å². The molecular weight excluding hydrogens is 525 g/mol. The van der Waals surface area contributed by atoms with Crippen LogP contribution >= 0.6 is 0 Å². The minimum absolute atomic E-state index is 0.237. The molecule has 0 spiro atoms. The Bertz CT molecular complexity index is 1020. The fourth-order valence-electron chi connectivity index (χ4n) is 3.43. The average molecular weight is 555 g/mol. The number of morpholine rings is 1. The first-order valence-corrected chi connectivity index (χ1v) is 13.0. The van der Waals surface area contributed by atoms with Crippen molar-refractivity contribution in [2.75, 3.05) is 45.1 Å². The molecule has 3 atom stereocenters. The molecule has 208 valence electrons. The number of rotatable bonds is 7. The maximum absolute atomic E-state index is 12.8. The molecule has 0 radical (unpaired) electrons. The molecule has 3 amide bonds. The van der Waals surface area contributed by atoms with Gasteiger partial charge in [-0.15, -0.1) is 0 Å². The fraction of sp³-hybridized carbons (Fsp3) is 0.571. The van der Waals surface area contributed by atoms with Crippen LogP contribution in [0.25, 0.3) is 0 Å². The van der Waals surface area contributed by atoms with Crippen molar-refractivity contribution in [3.63, 3.8) is 0 Å². The SMILES string of the molecule is O=C(NC1CNCC1O)C(CS(=O)(=O)Cc1ccccc1)NC(=O)N1CCOCC1.O=C(O)C(F)(F)F. The second kappa shape index (κ2) is 13.6. The van der Waals surface area contributed by atoms with Gasteiger partial charge in [-0.3, -0.25) is 4.79 Å². The lowest BCUT2D eigenvalue weighted by molar-refractivity contribution is -0.192. The minimum atomic E-state index is -5.08. The van der Waals surface area contributed by atoms with Crippen molar-refractivity contribution >= 4 is 27.7 Å². The number of hydrogen-bond acceptors (Lipinski definition) is 8. The number of carbonyl (C=O) groups is 3. The molecule has 0 bridgehead atoms. The highest BCUT2D eigenvalue weighted by Gasteiger charge is 2.38. The fourth-order valence-corrected chi connectivity index (χ4v) is 4.99. The molecular formula is C21H29F3N4O8S. The van der Waals surface area contributed by atoms with E-state index in [2.05, 4.69) is 16.0 Å². The number of nitrogens with zero attached hydrogens (tertiary/aromatic N) is 1. The summed E-state index contributed by atoms with van der Waals surface area (Å²) in [6, 6.07) is 6.32. The topological polar surface area (TPSA) is 174 Å². The summed E-state index contributed by atoms with van der Waals surface area (Å²) in [4.78, 5) is 35.8. The molecule has 37 heavy (non-hydrogen) atoms. The van der Waals surface area contributed by atoms with Crippen molar-refractivity contribution in [3.05, 3.63) is 35.9 Å². The van der Waals surface area contributed by atoms with E-state index in [0.29, 0.717) is 45.0 Å². The van der Waals surface area contributed by atoms with Crippen LogP contribution in [0, 0.1) is 0 Å². The number of nitrogens with one attached hydrogen (secondary N) is 3. The predicted molar refractivity (Wildman–Crippen MR) is 123 cm³/mol. The average Bonchev–Trinajstić information content (AvgIpc) is 3.23. The Labute approximate surface area is 211 Å². The van der Waals surface area contributed by atoms with Gasteiger partial charge in [-0.25, -0.2) is 18.0 Å². The van der Waals surface area contributed by atoms with Crippen LogP contribution in [0.5, 0.6) is 0 Å². The van der Waals surface area contributed by atoms with Gasteiger partial charge in [-0.1, -0.05) is 30.3 Å². The first-order valence-electron chi connectivity index (χ1n) is 11.2. The summed E-state index contributed by atoms with van der Waals surface area (Å²) in [5.41, 5.74) is 0.603. The Morgan fingerprint density at radius 3 is 2.24 bits per heavy atom. The number of aliphatic hydroxyl groups is 1. The Morgan fingerprint density at radius 1 is 1.14 bits per heavy atom. The molecule has 3 rings (SSSR count). The number of amides is 3. The molecule has 0 aromatic heterocycles. The monoisotopic (exact) mass is 554 g/mol. The largest absolute Gasteiger partial charge is 0.490 e. The van der Waals surface area contributed by atoms with E-state index in [9.17, 15) is 36.3 Å². The summed E-state index contributed by atoms with van der Waals surface area (Å²) in [5, 5.41) is 25.2. The number of alkyl halides is 3. The summed E-state index contributed by atoms with van der Waals surface area (Å²) in [6.45, 7) is 2.20. The Balaban J connectivity index is 0.000000604. The molecule has 3 unspecified atom stereocenters. The summed E-state index contributed by atoms with van der Waals surface area (Å²) < 4.78 is 62.4. The highest BCUT2D eigenvalue weighted by atomic mass is 32.2. The van der Waals surface area contributed by atoms with E-state index in [1.807, 2.05) is 0 Å². The van der Waals surface area contributed by atoms with Gasteiger partial charge in [0.1, 0.15) is 6.04 Å². The maximum atomic E-state index is 12.8. The molecule has 0 aliphatic carbocycles. The number of benzene rings is 1. The summed E-state index contributed by atoms with van der Waals surface area (Å²) in [5.74, 6) is -4.17. The molecule has 12 nitrogen and oxygen atoms in total. The van der Waals surface area contributed by atoms with E-state index in [1.54, 1.807) is 30.3 Å². The van der Waals surface area contributed by atoms with E-state index >= 15 is 0 Å². The summed E-state index contributed by atoms with van der Waals surface area (Å²) in [7, 11) is -3.70. The van der Waals surface area contributed by atoms with Gasteiger partial charge in [0.2, 0.25) is 5.91 Å². The van der Waals surface area contributed by atoms with Gasteiger partial charge in [0.15, 0.2) is 9.84 Å². The summed E-state index contributed by atoms with van der Waals surface area (Å²) >= 11 is 0. The first kappa shape index (κ1) is 30.3. The third kappa shape index (κ3) is 10.5. The molecule has 2 aliphatic heterocycles. The molecule has 2 aliphatic rings. The van der Waals surface area contributed by atoms with Gasteiger partial charge < -0.3 is 35.8 Å². The molecule has 0 saturated carbocycles. The predicted octanol–water partition coefficient (Wildman–Crippen LogP) is -0.906. The van der Waals surface area contributed by atoms with Crippen molar-refractivity contribution in [1.29, 1.82) is 0 Å². The molecule has 2 fully saturated rings. The highest BCUT2D eigenvalue weighted by molar-refractivity contribution is 7.90. The smallest absolute Gasteiger partial charge is 0.475 e. The second-order valence-electron chi connectivity index (χ2n) is 8.29. The van der Waals surface area contributed by atoms with Crippen molar-refractivity contribution in [1.82, 2.24) is 20.9 Å². The van der Waals surface area contributed by atoms with E-state index < -0.39 is 57.9 Å². The van der Waals surface area contributed by atoms with E-state index in [-0.39, 0.29) is 5.75 Å². The molecule has 2 heterocycles. The summed E-state index contributed by atoms with van der Waals surface area (Å²) in [6.07, 6.45) is -5.86. The second-order valence-corrected chi connectivity index (χ2v) is 10.4. The molecule has 1 aromatic rings. The van der Waals surface area contributed by atoms with Crippen LogP contribution in [-0.4, -0.2) is 111 Å². The van der Waals surface area contributed by atoms with E-state index in [0.717, 1.165) is 0 Å². The number of aliphatic carboxylic acids is 1. The number of sulfone groups is 1. The number of carboxylic acids is 1. The normalized spacial score (nSPS) is 20.8. The zero-order chi connectivity index (χ0) is 27.6. The number of carbonyl (C=O) groups excluding carboxylic acids is 2. The van der Waals surface area contributed by atoms with Crippen molar-refractivity contribution in [3.8, 4) is 0 Å². The van der Waals surface area contributed by atoms with Crippen molar-refractivity contribution in [2.24, 2.45) is 0 Å². The van der Waals surface area contributed by atoms with Crippen LogP contribution in [0.15, 0.2) is 30.3 Å². The number of ether oxygens (including phenoxy) is 1. The van der Waals surface area contributed by atoms with Gasteiger partial charge in [-0.2, -0.15) is 13.2 Å². The van der Waals surface area contributed by atoms with Crippen molar-refractivity contribution < 1.29 is 50.9 Å². The molecule has 1 aromatic carbocycles. The molecule has 2 saturated heterocycles. The van der Waals surface area contributed by atoms with Crippen LogP contribution < -0.4 is 16.0 Å². The molecule has 16 heteroatoms. The Kier molecular flexibility index (Phi) is 11.1. The lowest BCUT2D eigenvalue weighted by Crippen LogP contribution is -2.58. The van der Waals surface area contributed by atoms with Gasteiger partial charge in [-0.05, 0) is 5.56 Å². The third-order valence-electron chi connectivity index (χ3n) is 5.31. The lowest BCUT2D eigenvalue weighted by atomic mass is 10.2. The number of β-amino-alcohol motifs (C(OH)–C–C–N with tert-alkyl or cyclic N) is 1. The number of halogens is 3. The number of hydrogen-bond donors (Lipinski definition) is 5. The Hall–Kier alpha value is -2.95. The van der Waals surface area contributed by atoms with Gasteiger partial charge in [0, 0.05) is 26.2 Å². The van der Waals surface area contributed by atoms with Crippen LogP contribution in [0.2, 0.25) is 0 Å². The Morgan fingerprint density at radius 2 is 1.73 bits per heavy atom. The maximum Gasteiger partial charge on any atom is 0.490 e. The quantitative estimate of drug-likeness (QED) is 0.286. The highest BCUT2D eigenvalue weighted by Crippen LogP contribution is 2.13.